The number of hydrogen-bond donors (Lipinski definition) is 2. The average Bonchev–Trinajstić information content (AvgIpc) is 3.19. The second kappa shape index (κ2) is 7.33. The summed E-state index contributed by atoms with van der Waals surface area (Å²) in [7, 11) is 1.69. The topological polar surface area (TPSA) is 97.3 Å². The van der Waals surface area contributed by atoms with Crippen molar-refractivity contribution in [3.05, 3.63) is 52.6 Å². The van der Waals surface area contributed by atoms with Crippen molar-refractivity contribution in [1.82, 2.24) is 14.5 Å². The van der Waals surface area contributed by atoms with Gasteiger partial charge < -0.3 is 20.3 Å². The van der Waals surface area contributed by atoms with Crippen molar-refractivity contribution in [2.45, 2.75) is 19.4 Å². The fourth-order valence-corrected chi connectivity index (χ4v) is 3.71. The molecule has 1 aromatic carbocycles. The molecule has 0 radical (unpaired) electrons. The SMILES string of the molecule is CC(N)c1ccc(-c2cc3ncn(C)c(=O)c3c(N3CCC(CO)C3)n2)cc1. The molecule has 2 aromatic heterocycles. The molecule has 1 fully saturated rings. The minimum Gasteiger partial charge on any atom is -0.396 e. The fraction of sp³-hybridized carbons (Fsp3) is 0.381. The highest BCUT2D eigenvalue weighted by atomic mass is 16.3. The van der Waals surface area contributed by atoms with Crippen LogP contribution in [-0.2, 0) is 7.05 Å². The third kappa shape index (κ3) is 3.27. The predicted octanol–water partition coefficient (Wildman–Crippen LogP) is 1.83. The molecule has 2 atom stereocenters. The van der Waals surface area contributed by atoms with Gasteiger partial charge in [-0.3, -0.25) is 4.79 Å². The van der Waals surface area contributed by atoms with Crippen LogP contribution in [0.15, 0.2) is 41.5 Å². The summed E-state index contributed by atoms with van der Waals surface area (Å²) >= 11 is 0. The largest absolute Gasteiger partial charge is 0.396 e. The third-order valence-electron chi connectivity index (χ3n) is 5.46. The number of benzene rings is 1. The summed E-state index contributed by atoms with van der Waals surface area (Å²) in [5.74, 6) is 0.847. The Balaban J connectivity index is 1.87. The fourth-order valence-electron chi connectivity index (χ4n) is 3.71. The molecule has 0 saturated carbocycles. The van der Waals surface area contributed by atoms with E-state index in [1.807, 2.05) is 37.3 Å². The summed E-state index contributed by atoms with van der Waals surface area (Å²) in [6.07, 6.45) is 2.42. The van der Waals surface area contributed by atoms with Crippen molar-refractivity contribution in [2.24, 2.45) is 18.7 Å². The first-order valence-electron chi connectivity index (χ1n) is 9.56. The van der Waals surface area contributed by atoms with Gasteiger partial charge in [0.15, 0.2) is 0 Å². The first-order chi connectivity index (χ1) is 13.5. The Hall–Kier alpha value is -2.77. The second-order valence-corrected chi connectivity index (χ2v) is 7.58. The molecule has 0 amide bonds. The van der Waals surface area contributed by atoms with Crippen molar-refractivity contribution in [3.8, 4) is 11.3 Å². The predicted molar refractivity (Wildman–Crippen MR) is 110 cm³/mol. The normalized spacial score (nSPS) is 18.0. The van der Waals surface area contributed by atoms with E-state index in [2.05, 4.69) is 9.88 Å². The maximum absolute atomic E-state index is 12.8. The Kier molecular flexibility index (Phi) is 4.87. The summed E-state index contributed by atoms with van der Waals surface area (Å²) < 4.78 is 1.48. The molecule has 0 bridgehead atoms. The summed E-state index contributed by atoms with van der Waals surface area (Å²) in [5, 5.41) is 10.0. The molecule has 0 spiro atoms. The minimum atomic E-state index is -0.112. The van der Waals surface area contributed by atoms with E-state index in [4.69, 9.17) is 10.7 Å². The van der Waals surface area contributed by atoms with E-state index in [1.165, 1.54) is 10.9 Å². The van der Waals surface area contributed by atoms with Gasteiger partial charge in [0.05, 0.1) is 17.5 Å². The molecule has 2 unspecified atom stereocenters. The van der Waals surface area contributed by atoms with E-state index >= 15 is 0 Å². The monoisotopic (exact) mass is 379 g/mol. The van der Waals surface area contributed by atoms with E-state index in [9.17, 15) is 9.90 Å². The number of nitrogens with zero attached hydrogens (tertiary/aromatic N) is 4. The zero-order valence-electron chi connectivity index (χ0n) is 16.2. The maximum Gasteiger partial charge on any atom is 0.264 e. The molecule has 1 saturated heterocycles. The van der Waals surface area contributed by atoms with E-state index in [0.29, 0.717) is 23.3 Å². The number of anilines is 1. The van der Waals surface area contributed by atoms with Crippen LogP contribution in [0.5, 0.6) is 0 Å². The van der Waals surface area contributed by atoms with Crippen LogP contribution >= 0.6 is 0 Å². The zero-order chi connectivity index (χ0) is 19.8. The number of aliphatic hydroxyl groups is 1. The summed E-state index contributed by atoms with van der Waals surface area (Å²) in [4.78, 5) is 24.2. The van der Waals surface area contributed by atoms with Crippen LogP contribution in [0.1, 0.15) is 24.9 Å². The van der Waals surface area contributed by atoms with Gasteiger partial charge in [0.2, 0.25) is 0 Å². The van der Waals surface area contributed by atoms with Gasteiger partial charge in [-0.1, -0.05) is 24.3 Å². The number of fused-ring (bicyclic) bond motifs is 1. The van der Waals surface area contributed by atoms with Crippen LogP contribution < -0.4 is 16.2 Å². The summed E-state index contributed by atoms with van der Waals surface area (Å²) in [6.45, 7) is 3.54. The highest BCUT2D eigenvalue weighted by molar-refractivity contribution is 5.91. The average molecular weight is 379 g/mol. The lowest BCUT2D eigenvalue weighted by Gasteiger charge is -2.20. The lowest BCUT2D eigenvalue weighted by Crippen LogP contribution is -2.26. The zero-order valence-corrected chi connectivity index (χ0v) is 16.2. The minimum absolute atomic E-state index is 0.0288. The summed E-state index contributed by atoms with van der Waals surface area (Å²) in [5.41, 5.74) is 9.25. The number of nitrogens with two attached hydrogens (primary N) is 1. The molecule has 3 aromatic rings. The van der Waals surface area contributed by atoms with Crippen LogP contribution in [0, 0.1) is 5.92 Å². The van der Waals surface area contributed by atoms with Gasteiger partial charge in [0, 0.05) is 44.3 Å². The summed E-state index contributed by atoms with van der Waals surface area (Å²) in [6, 6.07) is 9.83. The Morgan fingerprint density at radius 2 is 2.07 bits per heavy atom. The quantitative estimate of drug-likeness (QED) is 0.718. The highest BCUT2D eigenvalue weighted by Gasteiger charge is 2.26. The number of aromatic nitrogens is 3. The van der Waals surface area contributed by atoms with E-state index in [-0.39, 0.29) is 24.1 Å². The molecule has 7 heteroatoms. The van der Waals surface area contributed by atoms with Crippen molar-refractivity contribution >= 4 is 16.7 Å². The Morgan fingerprint density at radius 1 is 1.32 bits per heavy atom. The van der Waals surface area contributed by atoms with Gasteiger partial charge in [-0.05, 0) is 25.0 Å². The molecule has 4 rings (SSSR count). The molecule has 146 valence electrons. The number of rotatable bonds is 4. The van der Waals surface area contributed by atoms with Crippen molar-refractivity contribution in [2.75, 3.05) is 24.6 Å². The number of aliphatic hydroxyl groups excluding tert-OH is 1. The maximum atomic E-state index is 12.8. The van der Waals surface area contributed by atoms with Crippen molar-refractivity contribution in [1.29, 1.82) is 0 Å². The standard InChI is InChI=1S/C21H25N5O2/c1-13(22)15-3-5-16(6-4-15)17-9-18-19(21(28)25(2)12-23-18)20(24-17)26-8-7-14(10-26)11-27/h3-6,9,12-14,27H,7-8,10-11,22H2,1-2H3. The first-order valence-corrected chi connectivity index (χ1v) is 9.56. The van der Waals surface area contributed by atoms with Crippen LogP contribution in [0.4, 0.5) is 5.82 Å². The lowest BCUT2D eigenvalue weighted by molar-refractivity contribution is 0.238. The van der Waals surface area contributed by atoms with Crippen LogP contribution in [0.25, 0.3) is 22.2 Å². The van der Waals surface area contributed by atoms with Gasteiger partial charge in [-0.25, -0.2) is 9.97 Å². The smallest absolute Gasteiger partial charge is 0.264 e. The molecular formula is C21H25N5O2. The van der Waals surface area contributed by atoms with Crippen molar-refractivity contribution in [3.63, 3.8) is 0 Å². The second-order valence-electron chi connectivity index (χ2n) is 7.58. The molecular weight excluding hydrogens is 354 g/mol. The highest BCUT2D eigenvalue weighted by Crippen LogP contribution is 2.30. The van der Waals surface area contributed by atoms with E-state index in [1.54, 1.807) is 7.05 Å². The Morgan fingerprint density at radius 3 is 2.71 bits per heavy atom. The molecule has 1 aliphatic heterocycles. The molecule has 3 N–H and O–H groups in total. The number of hydrogen-bond acceptors (Lipinski definition) is 6. The van der Waals surface area contributed by atoms with Crippen LogP contribution in [0.3, 0.4) is 0 Å². The first kappa shape index (κ1) is 18.6. The number of aryl methyl sites for hydroxylation is 1. The number of pyridine rings is 1. The molecule has 0 aliphatic carbocycles. The van der Waals surface area contributed by atoms with Gasteiger partial charge in [-0.2, -0.15) is 0 Å². The third-order valence-corrected chi connectivity index (χ3v) is 5.46. The molecule has 28 heavy (non-hydrogen) atoms. The van der Waals surface area contributed by atoms with Gasteiger partial charge >= 0.3 is 0 Å². The van der Waals surface area contributed by atoms with Gasteiger partial charge in [0.25, 0.3) is 5.56 Å². The lowest BCUT2D eigenvalue weighted by atomic mass is 10.0. The van der Waals surface area contributed by atoms with Crippen LogP contribution in [0.2, 0.25) is 0 Å². The van der Waals surface area contributed by atoms with Gasteiger partial charge in [0.1, 0.15) is 11.2 Å². The Labute approximate surface area is 163 Å². The van der Waals surface area contributed by atoms with E-state index < -0.39 is 0 Å². The molecule has 3 heterocycles. The van der Waals surface area contributed by atoms with Crippen molar-refractivity contribution < 1.29 is 5.11 Å². The Bertz CT molecular complexity index is 1060. The van der Waals surface area contributed by atoms with E-state index in [0.717, 1.165) is 29.8 Å². The molecule has 1 aliphatic rings. The molecule has 7 nitrogen and oxygen atoms in total. The van der Waals surface area contributed by atoms with Gasteiger partial charge in [-0.15, -0.1) is 0 Å². The van der Waals surface area contributed by atoms with Crippen LogP contribution in [-0.4, -0.2) is 39.3 Å².